The number of aromatic nitrogens is 4. The summed E-state index contributed by atoms with van der Waals surface area (Å²) in [7, 11) is 0. The fourth-order valence-corrected chi connectivity index (χ4v) is 10.3. The first-order chi connectivity index (χ1) is 30.3. The van der Waals surface area contributed by atoms with E-state index in [1.807, 2.05) is 24.4 Å². The van der Waals surface area contributed by atoms with Gasteiger partial charge in [0.1, 0.15) is 16.7 Å². The van der Waals surface area contributed by atoms with Crippen LogP contribution in [-0.2, 0) is 0 Å². The van der Waals surface area contributed by atoms with Crippen LogP contribution in [0.3, 0.4) is 0 Å². The zero-order chi connectivity index (χ0) is 39.8. The molecular weight excluding hydrogens is 745 g/mol. The van der Waals surface area contributed by atoms with Crippen molar-refractivity contribution in [3.63, 3.8) is 0 Å². The minimum atomic E-state index is 0.627. The molecule has 5 heteroatoms. The second-order valence-electron chi connectivity index (χ2n) is 16.1. The molecule has 13 aromatic rings. The predicted molar refractivity (Wildman–Crippen MR) is 251 cm³/mol. The zero-order valence-electron chi connectivity index (χ0n) is 32.7. The summed E-state index contributed by atoms with van der Waals surface area (Å²) in [5.74, 6) is 0.627. The molecule has 0 saturated carbocycles. The van der Waals surface area contributed by atoms with Crippen molar-refractivity contribution in [3.8, 4) is 56.1 Å². The van der Waals surface area contributed by atoms with Crippen LogP contribution >= 0.6 is 0 Å². The molecule has 0 spiro atoms. The highest BCUT2D eigenvalue weighted by Gasteiger charge is 2.28. The van der Waals surface area contributed by atoms with Gasteiger partial charge < -0.3 is 8.98 Å². The van der Waals surface area contributed by atoms with Gasteiger partial charge in [-0.3, -0.25) is 4.57 Å². The Balaban J connectivity index is 1.13. The van der Waals surface area contributed by atoms with Crippen LogP contribution in [0.15, 0.2) is 199 Å². The third kappa shape index (κ3) is 4.49. The maximum Gasteiger partial charge on any atom is 0.235 e. The molecular formula is C56H32N4O. The van der Waals surface area contributed by atoms with Crippen molar-refractivity contribution in [1.29, 1.82) is 0 Å². The van der Waals surface area contributed by atoms with Crippen molar-refractivity contribution in [2.45, 2.75) is 0 Å². The van der Waals surface area contributed by atoms with Gasteiger partial charge in [-0.15, -0.1) is 0 Å². The van der Waals surface area contributed by atoms with E-state index < -0.39 is 0 Å². The minimum absolute atomic E-state index is 0.627. The van der Waals surface area contributed by atoms with Crippen LogP contribution in [0.1, 0.15) is 0 Å². The van der Waals surface area contributed by atoms with Gasteiger partial charge in [0.15, 0.2) is 0 Å². The zero-order valence-corrected chi connectivity index (χ0v) is 32.7. The fourth-order valence-electron chi connectivity index (χ4n) is 10.3. The SMILES string of the molecule is c1ccc(-c2cc3c4c5c(cc(-c6ccccc6)cc5n(-c5ncc6c(n5)c5ccccc5n6-c5cccc6oc7ccccc7c56)c4c2)-c2cccc4cccc-3c24)cc1. The first kappa shape index (κ1) is 32.7. The van der Waals surface area contributed by atoms with Gasteiger partial charge in [-0.2, -0.15) is 0 Å². The molecule has 1 aliphatic rings. The van der Waals surface area contributed by atoms with Crippen molar-refractivity contribution >= 4 is 76.5 Å². The van der Waals surface area contributed by atoms with Crippen LogP contribution in [0, 0.1) is 0 Å². The Kier molecular flexibility index (Phi) is 6.49. The summed E-state index contributed by atoms with van der Waals surface area (Å²) in [6.45, 7) is 0. The molecule has 1 aliphatic carbocycles. The van der Waals surface area contributed by atoms with Gasteiger partial charge in [0.25, 0.3) is 0 Å². The number of fused-ring (bicyclic) bond motifs is 8. The Morgan fingerprint density at radius 1 is 0.377 bits per heavy atom. The molecule has 282 valence electrons. The number of nitrogens with zero attached hydrogens (tertiary/aromatic N) is 4. The molecule has 5 nitrogen and oxygen atoms in total. The van der Waals surface area contributed by atoms with E-state index >= 15 is 0 Å². The normalized spacial score (nSPS) is 12.3. The smallest absolute Gasteiger partial charge is 0.235 e. The summed E-state index contributed by atoms with van der Waals surface area (Å²) in [4.78, 5) is 11.0. The van der Waals surface area contributed by atoms with E-state index in [2.05, 4.69) is 179 Å². The highest BCUT2D eigenvalue weighted by atomic mass is 16.3. The Hall–Kier alpha value is -8.28. The van der Waals surface area contributed by atoms with Crippen LogP contribution in [0.5, 0.6) is 0 Å². The third-order valence-electron chi connectivity index (χ3n) is 12.9. The maximum atomic E-state index is 6.37. The van der Waals surface area contributed by atoms with Gasteiger partial charge in [-0.25, -0.2) is 9.97 Å². The molecule has 0 radical (unpaired) electrons. The van der Waals surface area contributed by atoms with E-state index in [9.17, 15) is 0 Å². The maximum absolute atomic E-state index is 6.37. The van der Waals surface area contributed by atoms with Gasteiger partial charge in [-0.1, -0.05) is 140 Å². The number of para-hydroxylation sites is 2. The molecule has 0 fully saturated rings. The van der Waals surface area contributed by atoms with E-state index in [-0.39, 0.29) is 0 Å². The highest BCUT2D eigenvalue weighted by molar-refractivity contribution is 6.28. The molecule has 0 aliphatic heterocycles. The Morgan fingerprint density at radius 2 is 0.967 bits per heavy atom. The van der Waals surface area contributed by atoms with E-state index in [1.165, 1.54) is 43.8 Å². The molecule has 61 heavy (non-hydrogen) atoms. The lowest BCUT2D eigenvalue weighted by Crippen LogP contribution is -2.03. The summed E-state index contributed by atoms with van der Waals surface area (Å²) < 4.78 is 11.0. The summed E-state index contributed by atoms with van der Waals surface area (Å²) in [5.41, 5.74) is 17.3. The molecule has 4 heterocycles. The number of rotatable bonds is 4. The van der Waals surface area contributed by atoms with Crippen molar-refractivity contribution in [1.82, 2.24) is 19.1 Å². The molecule has 0 saturated heterocycles. The van der Waals surface area contributed by atoms with Crippen LogP contribution in [0.25, 0.3) is 133 Å². The van der Waals surface area contributed by atoms with E-state index in [0.717, 1.165) is 82.8 Å². The lowest BCUT2D eigenvalue weighted by molar-refractivity contribution is 0.669. The van der Waals surface area contributed by atoms with Crippen LogP contribution < -0.4 is 0 Å². The minimum Gasteiger partial charge on any atom is -0.456 e. The van der Waals surface area contributed by atoms with Gasteiger partial charge in [0.05, 0.1) is 39.3 Å². The number of benzene rings is 9. The van der Waals surface area contributed by atoms with Gasteiger partial charge in [0.2, 0.25) is 5.95 Å². The van der Waals surface area contributed by atoms with E-state index in [4.69, 9.17) is 14.4 Å². The van der Waals surface area contributed by atoms with E-state index in [1.54, 1.807) is 0 Å². The largest absolute Gasteiger partial charge is 0.456 e. The third-order valence-corrected chi connectivity index (χ3v) is 12.9. The molecule has 0 amide bonds. The van der Waals surface area contributed by atoms with Crippen LogP contribution in [0.4, 0.5) is 0 Å². The van der Waals surface area contributed by atoms with Crippen LogP contribution in [-0.4, -0.2) is 19.1 Å². The molecule has 0 N–H and O–H groups in total. The van der Waals surface area contributed by atoms with Crippen LogP contribution in [0.2, 0.25) is 0 Å². The van der Waals surface area contributed by atoms with Crippen molar-refractivity contribution in [2.75, 3.05) is 0 Å². The number of furan rings is 1. The van der Waals surface area contributed by atoms with Gasteiger partial charge in [-0.05, 0) is 104 Å². The predicted octanol–water partition coefficient (Wildman–Crippen LogP) is 14.7. The standard InChI is InChI=1S/C56H32N4O/c1-3-14-33(15-4-1)36-28-42-38-22-11-18-35-19-12-23-39(51(35)38)43-29-37(34-16-5-2-6-17-34)31-47-54(43)53(42)46(30-36)60(47)56-57-32-48-55(58-56)40-20-7-9-24-44(40)59(48)45-25-13-27-50-52(45)41-21-8-10-26-49(41)61-50/h1-32H. The summed E-state index contributed by atoms with van der Waals surface area (Å²) in [6, 6.07) is 67.5. The average molecular weight is 777 g/mol. The van der Waals surface area contributed by atoms with Gasteiger partial charge in [0, 0.05) is 21.5 Å². The number of hydrogen-bond acceptors (Lipinski definition) is 3. The second-order valence-corrected chi connectivity index (χ2v) is 16.1. The van der Waals surface area contributed by atoms with E-state index in [0.29, 0.717) is 5.95 Å². The summed E-state index contributed by atoms with van der Waals surface area (Å²) >= 11 is 0. The monoisotopic (exact) mass is 776 g/mol. The van der Waals surface area contributed by atoms with Crippen molar-refractivity contribution in [2.24, 2.45) is 0 Å². The first-order valence-corrected chi connectivity index (χ1v) is 20.7. The lowest BCUT2D eigenvalue weighted by atomic mass is 9.91. The molecule has 0 bridgehead atoms. The fraction of sp³-hybridized carbons (Fsp3) is 0. The van der Waals surface area contributed by atoms with Gasteiger partial charge >= 0.3 is 0 Å². The lowest BCUT2D eigenvalue weighted by Gasteiger charge is -2.15. The summed E-state index contributed by atoms with van der Waals surface area (Å²) in [6.07, 6.45) is 2.02. The topological polar surface area (TPSA) is 48.8 Å². The Labute approximate surface area is 349 Å². The molecule has 4 aromatic heterocycles. The molecule has 14 rings (SSSR count). The molecule has 0 unspecified atom stereocenters. The summed E-state index contributed by atoms with van der Waals surface area (Å²) in [5, 5.41) is 8.13. The molecule has 0 atom stereocenters. The quantitative estimate of drug-likeness (QED) is 0.179. The Morgan fingerprint density at radius 3 is 1.66 bits per heavy atom. The second kappa shape index (κ2) is 12.1. The highest BCUT2D eigenvalue weighted by Crippen LogP contribution is 2.52. The first-order valence-electron chi connectivity index (χ1n) is 20.7. The Bertz CT molecular complexity index is 3850. The average Bonchev–Trinajstić information content (AvgIpc) is 3.96. The molecule has 9 aromatic carbocycles. The van der Waals surface area contributed by atoms with Crippen molar-refractivity contribution in [3.05, 3.63) is 194 Å². The number of hydrogen-bond donors (Lipinski definition) is 0. The van der Waals surface area contributed by atoms with Crippen molar-refractivity contribution < 1.29 is 4.42 Å².